The molecule has 0 saturated heterocycles. The number of rotatable bonds is 4. The number of benzene rings is 1. The van der Waals surface area contributed by atoms with Crippen LogP contribution in [0.4, 0.5) is 14.5 Å². The molecule has 2 rings (SSSR count). The number of halogens is 2. The van der Waals surface area contributed by atoms with E-state index in [9.17, 15) is 13.6 Å². The molecule has 0 aromatic heterocycles. The smallest absolute Gasteiger partial charge is 0.258 e. The van der Waals surface area contributed by atoms with Gasteiger partial charge in [-0.2, -0.15) is 0 Å². The average molecular weight is 270 g/mol. The van der Waals surface area contributed by atoms with Crippen LogP contribution in [0.25, 0.3) is 0 Å². The van der Waals surface area contributed by atoms with E-state index in [4.69, 9.17) is 10.5 Å². The minimum absolute atomic E-state index is 0.170. The lowest BCUT2D eigenvalue weighted by Gasteiger charge is -2.13. The van der Waals surface area contributed by atoms with Crippen LogP contribution in [0.2, 0.25) is 0 Å². The third-order valence-electron chi connectivity index (χ3n) is 3.13. The van der Waals surface area contributed by atoms with Gasteiger partial charge in [0.25, 0.3) is 5.91 Å². The summed E-state index contributed by atoms with van der Waals surface area (Å²) in [6.45, 7) is -0.337. The summed E-state index contributed by atoms with van der Waals surface area (Å²) in [4.78, 5) is 11.6. The van der Waals surface area contributed by atoms with Gasteiger partial charge in [-0.25, -0.2) is 8.78 Å². The lowest BCUT2D eigenvalue weighted by molar-refractivity contribution is -0.123. The summed E-state index contributed by atoms with van der Waals surface area (Å²) in [6, 6.07) is 1.84. The third-order valence-corrected chi connectivity index (χ3v) is 3.13. The number of anilines is 1. The molecule has 6 heteroatoms. The van der Waals surface area contributed by atoms with E-state index in [1.807, 2.05) is 0 Å². The largest absolute Gasteiger partial charge is 0.481 e. The summed E-state index contributed by atoms with van der Waals surface area (Å²) >= 11 is 0. The summed E-state index contributed by atoms with van der Waals surface area (Å²) in [5.74, 6) is -2.20. The van der Waals surface area contributed by atoms with Crippen LogP contribution in [-0.2, 0) is 4.79 Å². The maximum absolute atomic E-state index is 13.4. The van der Waals surface area contributed by atoms with Crippen molar-refractivity contribution in [3.05, 3.63) is 23.8 Å². The number of hydrogen-bond acceptors (Lipinski definition) is 3. The molecule has 1 amide bonds. The quantitative estimate of drug-likeness (QED) is 0.822. The van der Waals surface area contributed by atoms with Crippen LogP contribution in [0.1, 0.15) is 25.7 Å². The molecule has 0 aliphatic heterocycles. The Kier molecular flexibility index (Phi) is 4.19. The number of nitrogen functional groups attached to an aromatic ring is 1. The summed E-state index contributed by atoms with van der Waals surface area (Å²) in [5, 5.41) is 2.79. The monoisotopic (exact) mass is 270 g/mol. The van der Waals surface area contributed by atoms with Gasteiger partial charge >= 0.3 is 0 Å². The van der Waals surface area contributed by atoms with Gasteiger partial charge < -0.3 is 15.8 Å². The second-order valence-corrected chi connectivity index (χ2v) is 4.64. The predicted octanol–water partition coefficient (Wildman–Crippen LogP) is 1.98. The molecule has 0 heterocycles. The predicted molar refractivity (Wildman–Crippen MR) is 66.7 cm³/mol. The van der Waals surface area contributed by atoms with Crippen LogP contribution < -0.4 is 15.8 Å². The van der Waals surface area contributed by atoms with Crippen molar-refractivity contribution in [3.8, 4) is 5.75 Å². The maximum atomic E-state index is 13.4. The fourth-order valence-corrected chi connectivity index (χ4v) is 2.14. The highest BCUT2D eigenvalue weighted by molar-refractivity contribution is 5.77. The topological polar surface area (TPSA) is 64.3 Å². The molecular weight excluding hydrogens is 254 g/mol. The van der Waals surface area contributed by atoms with Gasteiger partial charge in [0.05, 0.1) is 5.69 Å². The first-order valence-electron chi connectivity index (χ1n) is 6.23. The van der Waals surface area contributed by atoms with Gasteiger partial charge in [-0.1, -0.05) is 12.8 Å². The molecule has 1 fully saturated rings. The molecule has 0 radical (unpaired) electrons. The Hall–Kier alpha value is -1.85. The van der Waals surface area contributed by atoms with Crippen LogP contribution >= 0.6 is 0 Å². The van der Waals surface area contributed by atoms with Gasteiger partial charge in [-0.15, -0.1) is 0 Å². The second kappa shape index (κ2) is 5.86. The van der Waals surface area contributed by atoms with Gasteiger partial charge in [0.1, 0.15) is 5.82 Å². The third kappa shape index (κ3) is 3.56. The van der Waals surface area contributed by atoms with Crippen molar-refractivity contribution in [3.63, 3.8) is 0 Å². The highest BCUT2D eigenvalue weighted by Gasteiger charge is 2.18. The Morgan fingerprint density at radius 2 is 2.00 bits per heavy atom. The molecule has 4 nitrogen and oxygen atoms in total. The lowest BCUT2D eigenvalue weighted by atomic mass is 10.2. The van der Waals surface area contributed by atoms with Gasteiger partial charge in [0, 0.05) is 18.2 Å². The van der Waals surface area contributed by atoms with Crippen molar-refractivity contribution in [1.29, 1.82) is 0 Å². The second-order valence-electron chi connectivity index (χ2n) is 4.64. The number of carbonyl (C=O) groups excluding carboxylic acids is 1. The highest BCUT2D eigenvalue weighted by Crippen LogP contribution is 2.23. The molecular formula is C13H16F2N2O2. The molecule has 1 aromatic rings. The van der Waals surface area contributed by atoms with E-state index in [1.54, 1.807) is 0 Å². The maximum Gasteiger partial charge on any atom is 0.258 e. The first kappa shape index (κ1) is 13.6. The average Bonchev–Trinajstić information content (AvgIpc) is 2.85. The van der Waals surface area contributed by atoms with Gasteiger partial charge in [0.15, 0.2) is 18.2 Å². The number of amides is 1. The molecule has 0 unspecified atom stereocenters. The van der Waals surface area contributed by atoms with Crippen molar-refractivity contribution in [1.82, 2.24) is 5.32 Å². The van der Waals surface area contributed by atoms with E-state index in [0.29, 0.717) is 0 Å². The van der Waals surface area contributed by atoms with Crippen LogP contribution in [0.3, 0.4) is 0 Å². The van der Waals surface area contributed by atoms with Crippen molar-refractivity contribution in [2.45, 2.75) is 31.7 Å². The minimum atomic E-state index is -0.785. The summed E-state index contributed by atoms with van der Waals surface area (Å²) in [5.41, 5.74) is 4.91. The van der Waals surface area contributed by atoms with E-state index in [1.165, 1.54) is 0 Å². The zero-order valence-electron chi connectivity index (χ0n) is 10.4. The number of nitrogens with one attached hydrogen (secondary N) is 1. The molecule has 1 aliphatic carbocycles. The van der Waals surface area contributed by atoms with Crippen molar-refractivity contribution < 1.29 is 18.3 Å². The van der Waals surface area contributed by atoms with E-state index in [2.05, 4.69) is 5.32 Å². The Morgan fingerprint density at radius 3 is 2.68 bits per heavy atom. The number of carbonyl (C=O) groups is 1. The molecule has 0 bridgehead atoms. The molecule has 104 valence electrons. The zero-order chi connectivity index (χ0) is 13.8. The van der Waals surface area contributed by atoms with Crippen molar-refractivity contribution in [2.24, 2.45) is 0 Å². The lowest BCUT2D eigenvalue weighted by Crippen LogP contribution is -2.36. The van der Waals surface area contributed by atoms with Crippen LogP contribution in [0, 0.1) is 11.6 Å². The van der Waals surface area contributed by atoms with Gasteiger partial charge in [-0.3, -0.25) is 4.79 Å². The van der Waals surface area contributed by atoms with Crippen molar-refractivity contribution >= 4 is 11.6 Å². The molecule has 0 atom stereocenters. The number of ether oxygens (including phenoxy) is 1. The highest BCUT2D eigenvalue weighted by atomic mass is 19.1. The fraction of sp³-hybridized carbons (Fsp3) is 0.462. The molecule has 0 spiro atoms. The molecule has 19 heavy (non-hydrogen) atoms. The molecule has 1 aromatic carbocycles. The SMILES string of the molecule is Nc1cc(F)c(OCC(=O)NC2CCCC2)cc1F. The molecule has 3 N–H and O–H groups in total. The minimum Gasteiger partial charge on any atom is -0.481 e. The number of hydrogen-bond donors (Lipinski definition) is 2. The first-order chi connectivity index (χ1) is 9.06. The van der Waals surface area contributed by atoms with Crippen LogP contribution in [0.5, 0.6) is 5.75 Å². The van der Waals surface area contributed by atoms with E-state index >= 15 is 0 Å². The normalized spacial score (nSPS) is 15.5. The molecule has 1 aliphatic rings. The first-order valence-corrected chi connectivity index (χ1v) is 6.23. The van der Waals surface area contributed by atoms with E-state index in [0.717, 1.165) is 37.8 Å². The summed E-state index contributed by atoms with van der Waals surface area (Å²) < 4.78 is 31.5. The fourth-order valence-electron chi connectivity index (χ4n) is 2.14. The van der Waals surface area contributed by atoms with E-state index < -0.39 is 11.6 Å². The summed E-state index contributed by atoms with van der Waals surface area (Å²) in [7, 11) is 0. The standard InChI is InChI=1S/C13H16F2N2O2/c14-9-6-12(10(15)5-11(9)16)19-7-13(18)17-8-3-1-2-4-8/h5-6,8H,1-4,7,16H2,(H,17,18). The molecule has 1 saturated carbocycles. The Morgan fingerprint density at radius 1 is 1.32 bits per heavy atom. The van der Waals surface area contributed by atoms with Gasteiger partial charge in [0.2, 0.25) is 0 Å². The zero-order valence-corrected chi connectivity index (χ0v) is 10.4. The van der Waals surface area contributed by atoms with Crippen molar-refractivity contribution in [2.75, 3.05) is 12.3 Å². The Bertz CT molecular complexity index is 474. The van der Waals surface area contributed by atoms with E-state index in [-0.39, 0.29) is 30.0 Å². The van der Waals surface area contributed by atoms with Crippen LogP contribution in [0.15, 0.2) is 12.1 Å². The Balaban J connectivity index is 1.87. The van der Waals surface area contributed by atoms with Gasteiger partial charge in [-0.05, 0) is 12.8 Å². The van der Waals surface area contributed by atoms with Crippen LogP contribution in [-0.4, -0.2) is 18.6 Å². The summed E-state index contributed by atoms with van der Waals surface area (Å²) in [6.07, 6.45) is 4.11. The Labute approximate surface area is 109 Å². The number of nitrogens with two attached hydrogens (primary N) is 1.